The minimum atomic E-state index is 0.0854. The Morgan fingerprint density at radius 1 is 1.45 bits per heavy atom. The highest BCUT2D eigenvalue weighted by Crippen LogP contribution is 2.42. The number of benzene rings is 1. The van der Waals surface area contributed by atoms with Gasteiger partial charge < -0.3 is 14.8 Å². The summed E-state index contributed by atoms with van der Waals surface area (Å²) < 4.78 is 10.8. The molecule has 0 aromatic heterocycles. The quantitative estimate of drug-likeness (QED) is 0.866. The Morgan fingerprint density at radius 2 is 2.25 bits per heavy atom. The van der Waals surface area contributed by atoms with Gasteiger partial charge in [0.1, 0.15) is 11.8 Å². The Bertz CT molecular complexity index is 493. The van der Waals surface area contributed by atoms with E-state index in [1.807, 2.05) is 24.3 Å². The lowest BCUT2D eigenvalue weighted by atomic mass is 9.64. The molecule has 2 unspecified atom stereocenters. The second kappa shape index (κ2) is 6.25. The van der Waals surface area contributed by atoms with Crippen LogP contribution in [0.15, 0.2) is 24.3 Å². The molecule has 2 atom stereocenters. The van der Waals surface area contributed by atoms with E-state index in [0.717, 1.165) is 24.3 Å². The molecule has 4 heteroatoms. The van der Waals surface area contributed by atoms with Crippen molar-refractivity contribution in [2.24, 2.45) is 5.41 Å². The molecule has 0 heterocycles. The van der Waals surface area contributed by atoms with E-state index in [4.69, 9.17) is 14.7 Å². The molecule has 1 aromatic rings. The van der Waals surface area contributed by atoms with Crippen molar-refractivity contribution in [3.63, 3.8) is 0 Å². The molecule has 0 spiro atoms. The summed E-state index contributed by atoms with van der Waals surface area (Å²) in [6.45, 7) is 5.35. The average molecular weight is 274 g/mol. The molecule has 1 N–H and O–H groups in total. The molecule has 0 saturated heterocycles. The van der Waals surface area contributed by atoms with Crippen molar-refractivity contribution < 1.29 is 9.47 Å². The van der Waals surface area contributed by atoms with E-state index in [0.29, 0.717) is 12.1 Å². The molecule has 20 heavy (non-hydrogen) atoms. The van der Waals surface area contributed by atoms with E-state index in [2.05, 4.69) is 25.2 Å². The smallest absolute Gasteiger partial charge is 0.174 e. The van der Waals surface area contributed by atoms with Crippen LogP contribution in [0.25, 0.3) is 0 Å². The Morgan fingerprint density at radius 3 is 2.90 bits per heavy atom. The number of rotatable bonds is 6. The third-order valence-corrected chi connectivity index (χ3v) is 4.22. The van der Waals surface area contributed by atoms with Crippen LogP contribution in [0.5, 0.6) is 5.75 Å². The number of methoxy groups -OCH3 is 1. The topological polar surface area (TPSA) is 54.3 Å². The van der Waals surface area contributed by atoms with Crippen molar-refractivity contribution in [1.29, 1.82) is 5.26 Å². The summed E-state index contributed by atoms with van der Waals surface area (Å²) in [5.74, 6) is 0.744. The molecule has 0 aliphatic heterocycles. The number of ether oxygens (including phenoxy) is 2. The van der Waals surface area contributed by atoms with Gasteiger partial charge >= 0.3 is 0 Å². The minimum Gasteiger partial charge on any atom is -0.479 e. The fourth-order valence-electron chi connectivity index (χ4n) is 2.73. The van der Waals surface area contributed by atoms with E-state index in [1.165, 1.54) is 0 Å². The monoisotopic (exact) mass is 274 g/mol. The fourth-order valence-corrected chi connectivity index (χ4v) is 2.73. The lowest BCUT2D eigenvalue weighted by molar-refractivity contribution is -0.0979. The van der Waals surface area contributed by atoms with Gasteiger partial charge in [-0.2, -0.15) is 5.26 Å². The maximum Gasteiger partial charge on any atom is 0.174 e. The van der Waals surface area contributed by atoms with Gasteiger partial charge in [0.15, 0.2) is 6.61 Å². The van der Waals surface area contributed by atoms with Crippen LogP contribution in [-0.4, -0.2) is 25.9 Å². The second-order valence-electron chi connectivity index (χ2n) is 5.81. The molecule has 2 rings (SSSR count). The predicted octanol–water partition coefficient (Wildman–Crippen LogP) is 2.49. The lowest BCUT2D eigenvalue weighted by Crippen LogP contribution is -2.60. The van der Waals surface area contributed by atoms with Crippen LogP contribution in [0.2, 0.25) is 0 Å². The number of nitriles is 1. The molecule has 0 radical (unpaired) electrons. The van der Waals surface area contributed by atoms with Gasteiger partial charge in [-0.3, -0.25) is 0 Å². The van der Waals surface area contributed by atoms with Crippen LogP contribution in [-0.2, 0) is 11.3 Å². The largest absolute Gasteiger partial charge is 0.479 e. The van der Waals surface area contributed by atoms with Crippen molar-refractivity contribution in [2.75, 3.05) is 13.7 Å². The summed E-state index contributed by atoms with van der Waals surface area (Å²) in [4.78, 5) is 0. The third kappa shape index (κ3) is 3.12. The minimum absolute atomic E-state index is 0.0854. The van der Waals surface area contributed by atoms with Gasteiger partial charge in [0.2, 0.25) is 0 Å². The normalized spacial score (nSPS) is 23.7. The zero-order chi connectivity index (χ0) is 14.6. The van der Waals surface area contributed by atoms with Crippen LogP contribution >= 0.6 is 0 Å². The Kier molecular flexibility index (Phi) is 4.64. The van der Waals surface area contributed by atoms with E-state index in [9.17, 15) is 0 Å². The Balaban J connectivity index is 1.87. The first-order valence-corrected chi connectivity index (χ1v) is 6.92. The van der Waals surface area contributed by atoms with Crippen LogP contribution in [0.1, 0.15) is 25.8 Å². The molecule has 4 nitrogen and oxygen atoms in total. The van der Waals surface area contributed by atoms with Crippen LogP contribution in [0, 0.1) is 16.7 Å². The van der Waals surface area contributed by atoms with Crippen molar-refractivity contribution in [1.82, 2.24) is 5.32 Å². The SMILES string of the molecule is COC1CC(NCc2cccc(OCC#N)c2)C1(C)C. The molecule has 1 aromatic carbocycles. The fraction of sp³-hybridized carbons (Fsp3) is 0.562. The summed E-state index contributed by atoms with van der Waals surface area (Å²) in [6.07, 6.45) is 1.39. The average Bonchev–Trinajstić information content (AvgIpc) is 2.44. The third-order valence-electron chi connectivity index (χ3n) is 4.22. The standard InChI is InChI=1S/C16H22N2O2/c1-16(2)14(10-15(16)19-3)18-11-12-5-4-6-13(9-12)20-8-7-17/h4-6,9,14-15,18H,8,10-11H2,1-3H3. The van der Waals surface area contributed by atoms with Crippen LogP contribution in [0.3, 0.4) is 0 Å². The predicted molar refractivity (Wildman–Crippen MR) is 77.4 cm³/mol. The first kappa shape index (κ1) is 14.8. The molecule has 0 amide bonds. The summed E-state index contributed by atoms with van der Waals surface area (Å²) in [7, 11) is 1.78. The van der Waals surface area contributed by atoms with Gasteiger partial charge in [0.25, 0.3) is 0 Å². The van der Waals surface area contributed by atoms with Crippen molar-refractivity contribution in [3.8, 4) is 11.8 Å². The summed E-state index contributed by atoms with van der Waals surface area (Å²) in [5, 5.41) is 12.1. The Labute approximate surface area is 120 Å². The van der Waals surface area contributed by atoms with E-state index in [-0.39, 0.29) is 12.0 Å². The molecule has 1 aliphatic rings. The summed E-state index contributed by atoms with van der Waals surface area (Å²) in [5.41, 5.74) is 1.33. The van der Waals surface area contributed by atoms with Gasteiger partial charge in [-0.25, -0.2) is 0 Å². The second-order valence-corrected chi connectivity index (χ2v) is 5.81. The number of hydrogen-bond acceptors (Lipinski definition) is 4. The van der Waals surface area contributed by atoms with E-state index < -0.39 is 0 Å². The molecule has 1 fully saturated rings. The summed E-state index contributed by atoms with van der Waals surface area (Å²) in [6, 6.07) is 10.3. The van der Waals surface area contributed by atoms with Crippen LogP contribution in [0.4, 0.5) is 0 Å². The Hall–Kier alpha value is -1.57. The summed E-state index contributed by atoms with van der Waals surface area (Å²) >= 11 is 0. The maximum atomic E-state index is 8.52. The first-order chi connectivity index (χ1) is 9.57. The van der Waals surface area contributed by atoms with Gasteiger partial charge in [-0.1, -0.05) is 26.0 Å². The molecular formula is C16H22N2O2. The lowest BCUT2D eigenvalue weighted by Gasteiger charge is -2.51. The van der Waals surface area contributed by atoms with Gasteiger partial charge in [0.05, 0.1) is 6.10 Å². The van der Waals surface area contributed by atoms with Gasteiger partial charge in [0, 0.05) is 25.1 Å². The van der Waals surface area contributed by atoms with Crippen molar-refractivity contribution in [2.45, 2.75) is 39.0 Å². The molecule has 108 valence electrons. The molecular weight excluding hydrogens is 252 g/mol. The molecule has 0 bridgehead atoms. The highest BCUT2D eigenvalue weighted by Gasteiger charge is 2.48. The van der Waals surface area contributed by atoms with Crippen molar-refractivity contribution >= 4 is 0 Å². The maximum absolute atomic E-state index is 8.52. The first-order valence-electron chi connectivity index (χ1n) is 6.92. The highest BCUT2D eigenvalue weighted by molar-refractivity contribution is 5.28. The van der Waals surface area contributed by atoms with Gasteiger partial charge in [-0.05, 0) is 24.1 Å². The number of nitrogens with zero attached hydrogens (tertiary/aromatic N) is 1. The molecule has 1 aliphatic carbocycles. The zero-order valence-electron chi connectivity index (χ0n) is 12.3. The molecule has 1 saturated carbocycles. The van der Waals surface area contributed by atoms with E-state index in [1.54, 1.807) is 7.11 Å². The van der Waals surface area contributed by atoms with Gasteiger partial charge in [-0.15, -0.1) is 0 Å². The van der Waals surface area contributed by atoms with E-state index >= 15 is 0 Å². The number of nitrogens with one attached hydrogen (secondary N) is 1. The zero-order valence-corrected chi connectivity index (χ0v) is 12.3. The number of hydrogen-bond donors (Lipinski definition) is 1. The van der Waals surface area contributed by atoms with Crippen molar-refractivity contribution in [3.05, 3.63) is 29.8 Å². The van der Waals surface area contributed by atoms with Crippen LogP contribution < -0.4 is 10.1 Å². The highest BCUT2D eigenvalue weighted by atomic mass is 16.5.